The van der Waals surface area contributed by atoms with Gasteiger partial charge in [0, 0.05) is 31.9 Å². The van der Waals surface area contributed by atoms with Gasteiger partial charge >= 0.3 is 0 Å². The first-order valence-corrected chi connectivity index (χ1v) is 7.79. The van der Waals surface area contributed by atoms with Gasteiger partial charge in [0.15, 0.2) is 0 Å². The Bertz CT molecular complexity index is 584. The molecule has 0 aromatic heterocycles. The van der Waals surface area contributed by atoms with Crippen LogP contribution in [-0.4, -0.2) is 38.1 Å². The fourth-order valence-corrected chi connectivity index (χ4v) is 2.96. The lowest BCUT2D eigenvalue weighted by Crippen LogP contribution is -2.44. The number of hydrogen-bond donors (Lipinski definition) is 0. The van der Waals surface area contributed by atoms with E-state index in [0.717, 1.165) is 32.6 Å². The number of benzene rings is 2. The van der Waals surface area contributed by atoms with Crippen molar-refractivity contribution in [3.8, 4) is 0 Å². The molecule has 1 aliphatic rings. The van der Waals surface area contributed by atoms with Crippen LogP contribution in [0.25, 0.3) is 0 Å². The zero-order valence-electron chi connectivity index (χ0n) is 13.0. The van der Waals surface area contributed by atoms with Crippen molar-refractivity contribution in [2.24, 2.45) is 0 Å². The zero-order valence-corrected chi connectivity index (χ0v) is 13.0. The van der Waals surface area contributed by atoms with E-state index in [1.54, 1.807) is 0 Å². The van der Waals surface area contributed by atoms with E-state index >= 15 is 0 Å². The molecule has 1 fully saturated rings. The van der Waals surface area contributed by atoms with Gasteiger partial charge in [-0.15, -0.1) is 0 Å². The van der Waals surface area contributed by atoms with Crippen LogP contribution in [0.5, 0.6) is 0 Å². The maximum Gasteiger partial charge on any atom is 0.0369 e. The molecule has 0 bridgehead atoms. The Kier molecular flexibility index (Phi) is 4.26. The first-order chi connectivity index (χ1) is 10.2. The Morgan fingerprint density at radius 3 is 2.29 bits per heavy atom. The molecule has 2 aromatic rings. The first kappa shape index (κ1) is 14.2. The topological polar surface area (TPSA) is 6.48 Å². The van der Waals surface area contributed by atoms with Gasteiger partial charge in [0.2, 0.25) is 0 Å². The van der Waals surface area contributed by atoms with E-state index in [9.17, 15) is 0 Å². The molecule has 21 heavy (non-hydrogen) atoms. The van der Waals surface area contributed by atoms with Gasteiger partial charge in [0.25, 0.3) is 0 Å². The van der Waals surface area contributed by atoms with Crippen molar-refractivity contribution in [1.82, 2.24) is 4.90 Å². The van der Waals surface area contributed by atoms with Crippen LogP contribution in [-0.2, 0) is 6.42 Å². The number of piperazine rings is 1. The smallest absolute Gasteiger partial charge is 0.0369 e. The van der Waals surface area contributed by atoms with Gasteiger partial charge < -0.3 is 9.80 Å². The highest BCUT2D eigenvalue weighted by atomic mass is 15.2. The van der Waals surface area contributed by atoms with E-state index < -0.39 is 0 Å². The summed E-state index contributed by atoms with van der Waals surface area (Å²) in [7, 11) is 2.20. The second-order valence-corrected chi connectivity index (χ2v) is 6.06. The molecule has 1 heterocycles. The quantitative estimate of drug-likeness (QED) is 0.851. The average molecular weight is 280 g/mol. The maximum absolute atomic E-state index is 2.50. The predicted octanol–water partition coefficient (Wildman–Crippen LogP) is 3.34. The lowest BCUT2D eigenvalue weighted by Gasteiger charge is -2.34. The highest BCUT2D eigenvalue weighted by Crippen LogP contribution is 2.22. The van der Waals surface area contributed by atoms with E-state index in [0.29, 0.717) is 0 Å². The SMILES string of the molecule is Cc1cc(N2CCN(C)CC2)ccc1Cc1ccccc1. The minimum Gasteiger partial charge on any atom is -0.369 e. The van der Waals surface area contributed by atoms with Crippen molar-refractivity contribution in [2.75, 3.05) is 38.1 Å². The molecule has 2 heteroatoms. The van der Waals surface area contributed by atoms with Gasteiger partial charge in [-0.25, -0.2) is 0 Å². The van der Waals surface area contributed by atoms with E-state index in [4.69, 9.17) is 0 Å². The summed E-state index contributed by atoms with van der Waals surface area (Å²) < 4.78 is 0. The third-order valence-corrected chi connectivity index (χ3v) is 4.43. The number of likely N-dealkylation sites (N-methyl/N-ethyl adjacent to an activating group) is 1. The summed E-state index contributed by atoms with van der Waals surface area (Å²) in [5.74, 6) is 0. The average Bonchev–Trinajstić information content (AvgIpc) is 2.51. The Morgan fingerprint density at radius 1 is 0.905 bits per heavy atom. The van der Waals surface area contributed by atoms with Crippen molar-refractivity contribution in [3.05, 3.63) is 65.2 Å². The number of anilines is 1. The molecular formula is C19H24N2. The molecule has 3 rings (SSSR count). The fraction of sp³-hybridized carbons (Fsp3) is 0.368. The van der Waals surface area contributed by atoms with Crippen LogP contribution < -0.4 is 4.90 Å². The molecule has 0 saturated carbocycles. The molecule has 1 aliphatic heterocycles. The Morgan fingerprint density at radius 2 is 1.62 bits per heavy atom. The number of rotatable bonds is 3. The van der Waals surface area contributed by atoms with Crippen molar-refractivity contribution < 1.29 is 0 Å². The molecule has 0 N–H and O–H groups in total. The molecule has 2 nitrogen and oxygen atoms in total. The van der Waals surface area contributed by atoms with Crippen LogP contribution in [0.1, 0.15) is 16.7 Å². The molecule has 110 valence electrons. The molecular weight excluding hydrogens is 256 g/mol. The van der Waals surface area contributed by atoms with Crippen LogP contribution >= 0.6 is 0 Å². The molecule has 0 aliphatic carbocycles. The van der Waals surface area contributed by atoms with Crippen molar-refractivity contribution >= 4 is 5.69 Å². The van der Waals surface area contributed by atoms with Crippen LogP contribution in [0.3, 0.4) is 0 Å². The van der Waals surface area contributed by atoms with Gasteiger partial charge in [0.05, 0.1) is 0 Å². The van der Waals surface area contributed by atoms with E-state index in [1.165, 1.54) is 22.4 Å². The van der Waals surface area contributed by atoms with E-state index in [1.807, 2.05) is 0 Å². The Labute approximate surface area is 128 Å². The standard InChI is InChI=1S/C19H24N2/c1-16-14-19(21-12-10-20(2)11-13-21)9-8-18(16)15-17-6-4-3-5-7-17/h3-9,14H,10-13,15H2,1-2H3. The minimum atomic E-state index is 1.02. The predicted molar refractivity (Wildman–Crippen MR) is 90.1 cm³/mol. The summed E-state index contributed by atoms with van der Waals surface area (Å²) in [6.07, 6.45) is 1.02. The third-order valence-electron chi connectivity index (χ3n) is 4.43. The summed E-state index contributed by atoms with van der Waals surface area (Å²) in [6.45, 7) is 6.81. The summed E-state index contributed by atoms with van der Waals surface area (Å²) in [5.41, 5.74) is 5.58. The van der Waals surface area contributed by atoms with Crippen LogP contribution in [0.15, 0.2) is 48.5 Å². The second kappa shape index (κ2) is 6.31. The van der Waals surface area contributed by atoms with E-state index in [2.05, 4.69) is 72.3 Å². The molecule has 0 atom stereocenters. The van der Waals surface area contributed by atoms with Gasteiger partial charge in [-0.05, 0) is 49.2 Å². The molecule has 0 radical (unpaired) electrons. The first-order valence-electron chi connectivity index (χ1n) is 7.79. The lowest BCUT2D eigenvalue weighted by atomic mass is 10.00. The highest BCUT2D eigenvalue weighted by molar-refractivity contribution is 5.52. The fourth-order valence-electron chi connectivity index (χ4n) is 2.96. The van der Waals surface area contributed by atoms with Crippen molar-refractivity contribution in [2.45, 2.75) is 13.3 Å². The highest BCUT2D eigenvalue weighted by Gasteiger charge is 2.14. The van der Waals surface area contributed by atoms with Gasteiger partial charge in [-0.1, -0.05) is 36.4 Å². The summed E-state index contributed by atoms with van der Waals surface area (Å²) in [4.78, 5) is 4.90. The number of hydrogen-bond acceptors (Lipinski definition) is 2. The zero-order chi connectivity index (χ0) is 14.7. The third kappa shape index (κ3) is 3.45. The summed E-state index contributed by atoms with van der Waals surface area (Å²) in [6, 6.07) is 17.6. The van der Waals surface area contributed by atoms with Crippen LogP contribution in [0.4, 0.5) is 5.69 Å². The Balaban J connectivity index is 1.74. The number of nitrogens with zero attached hydrogens (tertiary/aromatic N) is 2. The molecule has 0 unspecified atom stereocenters. The molecule has 0 amide bonds. The lowest BCUT2D eigenvalue weighted by molar-refractivity contribution is 0.313. The molecule has 1 saturated heterocycles. The van der Waals surface area contributed by atoms with E-state index in [-0.39, 0.29) is 0 Å². The Hall–Kier alpha value is -1.80. The summed E-state index contributed by atoms with van der Waals surface area (Å²) in [5, 5.41) is 0. The van der Waals surface area contributed by atoms with Crippen molar-refractivity contribution in [3.63, 3.8) is 0 Å². The summed E-state index contributed by atoms with van der Waals surface area (Å²) >= 11 is 0. The normalized spacial score (nSPS) is 16.2. The minimum absolute atomic E-state index is 1.02. The van der Waals surface area contributed by atoms with Crippen LogP contribution in [0.2, 0.25) is 0 Å². The molecule has 0 spiro atoms. The van der Waals surface area contributed by atoms with Crippen molar-refractivity contribution in [1.29, 1.82) is 0 Å². The number of aryl methyl sites for hydroxylation is 1. The van der Waals surface area contributed by atoms with Gasteiger partial charge in [0.1, 0.15) is 0 Å². The van der Waals surface area contributed by atoms with Gasteiger partial charge in [-0.2, -0.15) is 0 Å². The maximum atomic E-state index is 2.50. The second-order valence-electron chi connectivity index (χ2n) is 6.06. The van der Waals surface area contributed by atoms with Gasteiger partial charge in [-0.3, -0.25) is 0 Å². The monoisotopic (exact) mass is 280 g/mol. The largest absolute Gasteiger partial charge is 0.369 e. The molecule has 2 aromatic carbocycles. The van der Waals surface area contributed by atoms with Crippen LogP contribution in [0, 0.1) is 6.92 Å².